The van der Waals surface area contributed by atoms with Gasteiger partial charge in [-0.25, -0.2) is 0 Å². The van der Waals surface area contributed by atoms with Gasteiger partial charge < -0.3 is 9.64 Å². The standard InChI is InChI=1S/C11H9N3OS/c1-14(2)11(16)15-10-4-8(6-12)3-9(5-10)7-13/h3-5H,1-2H3. The minimum Gasteiger partial charge on any atom is -0.432 e. The lowest BCUT2D eigenvalue weighted by molar-refractivity contribution is 0.449. The van der Waals surface area contributed by atoms with Gasteiger partial charge in [0.1, 0.15) is 5.75 Å². The van der Waals surface area contributed by atoms with E-state index in [1.165, 1.54) is 18.2 Å². The summed E-state index contributed by atoms with van der Waals surface area (Å²) in [6.07, 6.45) is 0. The molecule has 0 bridgehead atoms. The van der Waals surface area contributed by atoms with E-state index in [1.54, 1.807) is 19.0 Å². The highest BCUT2D eigenvalue weighted by molar-refractivity contribution is 7.80. The first-order valence-electron chi connectivity index (χ1n) is 4.41. The van der Waals surface area contributed by atoms with Gasteiger partial charge in [0.15, 0.2) is 0 Å². The third-order valence-electron chi connectivity index (χ3n) is 1.74. The van der Waals surface area contributed by atoms with Crippen LogP contribution in [-0.4, -0.2) is 24.2 Å². The van der Waals surface area contributed by atoms with Crippen molar-refractivity contribution < 1.29 is 4.74 Å². The van der Waals surface area contributed by atoms with E-state index in [4.69, 9.17) is 27.5 Å². The van der Waals surface area contributed by atoms with E-state index in [0.29, 0.717) is 16.9 Å². The number of rotatable bonds is 1. The first-order chi connectivity index (χ1) is 7.56. The molecule has 0 aromatic heterocycles. The summed E-state index contributed by atoms with van der Waals surface area (Å²) in [5.41, 5.74) is 0.742. The Labute approximate surface area is 99.3 Å². The molecule has 0 aliphatic rings. The second-order valence-electron chi connectivity index (χ2n) is 3.23. The number of ether oxygens (including phenoxy) is 1. The number of nitrogens with zero attached hydrogens (tertiary/aromatic N) is 3. The van der Waals surface area contributed by atoms with E-state index >= 15 is 0 Å². The van der Waals surface area contributed by atoms with Gasteiger partial charge in [-0.1, -0.05) is 0 Å². The Hall–Kier alpha value is -2.11. The van der Waals surface area contributed by atoms with Crippen molar-refractivity contribution in [2.45, 2.75) is 0 Å². The normalized spacial score (nSPS) is 8.75. The van der Waals surface area contributed by atoms with Crippen molar-refractivity contribution >= 4 is 17.4 Å². The van der Waals surface area contributed by atoms with Gasteiger partial charge in [-0.2, -0.15) is 10.5 Å². The minimum absolute atomic E-state index is 0.277. The van der Waals surface area contributed by atoms with Crippen molar-refractivity contribution in [3.8, 4) is 17.9 Å². The fraction of sp³-hybridized carbons (Fsp3) is 0.182. The largest absolute Gasteiger partial charge is 0.432 e. The van der Waals surface area contributed by atoms with Crippen molar-refractivity contribution in [2.75, 3.05) is 14.1 Å². The Morgan fingerprint density at radius 3 is 2.06 bits per heavy atom. The summed E-state index contributed by atoms with van der Waals surface area (Å²) in [5.74, 6) is 0.398. The quantitative estimate of drug-likeness (QED) is 0.688. The second-order valence-corrected chi connectivity index (χ2v) is 3.58. The minimum atomic E-state index is 0.277. The molecular weight excluding hydrogens is 222 g/mol. The van der Waals surface area contributed by atoms with Crippen LogP contribution in [0, 0.1) is 22.7 Å². The smallest absolute Gasteiger partial charge is 0.264 e. The predicted octanol–water partition coefficient (Wildman–Crippen LogP) is 1.66. The van der Waals surface area contributed by atoms with Crippen molar-refractivity contribution in [3.63, 3.8) is 0 Å². The molecule has 0 N–H and O–H groups in total. The summed E-state index contributed by atoms with van der Waals surface area (Å²) in [6, 6.07) is 8.48. The number of nitriles is 2. The van der Waals surface area contributed by atoms with Crippen LogP contribution in [0.2, 0.25) is 0 Å². The van der Waals surface area contributed by atoms with Gasteiger partial charge in [-0.3, -0.25) is 0 Å². The Bertz CT molecular complexity index is 465. The van der Waals surface area contributed by atoms with Crippen LogP contribution in [0.5, 0.6) is 5.75 Å². The Balaban J connectivity index is 3.02. The SMILES string of the molecule is CN(C)C(=S)Oc1cc(C#N)cc(C#N)c1. The number of hydrogen-bond donors (Lipinski definition) is 0. The Morgan fingerprint density at radius 2 is 1.69 bits per heavy atom. The molecule has 1 rings (SSSR count). The van der Waals surface area contributed by atoms with Gasteiger partial charge in [0, 0.05) is 14.1 Å². The van der Waals surface area contributed by atoms with Gasteiger partial charge in [-0.15, -0.1) is 0 Å². The van der Waals surface area contributed by atoms with Crippen molar-refractivity contribution in [1.29, 1.82) is 10.5 Å². The molecule has 5 heteroatoms. The zero-order valence-corrected chi connectivity index (χ0v) is 9.71. The lowest BCUT2D eigenvalue weighted by Crippen LogP contribution is -2.25. The number of hydrogen-bond acceptors (Lipinski definition) is 4. The molecule has 1 aromatic rings. The van der Waals surface area contributed by atoms with E-state index < -0.39 is 0 Å². The van der Waals surface area contributed by atoms with Crippen LogP contribution in [0.15, 0.2) is 18.2 Å². The van der Waals surface area contributed by atoms with E-state index in [9.17, 15) is 0 Å². The number of benzene rings is 1. The van der Waals surface area contributed by atoms with Crippen LogP contribution >= 0.6 is 12.2 Å². The molecule has 0 heterocycles. The molecule has 0 atom stereocenters. The van der Waals surface area contributed by atoms with Crippen molar-refractivity contribution in [1.82, 2.24) is 4.90 Å². The summed E-state index contributed by atoms with van der Waals surface area (Å²) in [5, 5.41) is 17.8. The molecule has 0 unspecified atom stereocenters. The summed E-state index contributed by atoms with van der Waals surface area (Å²) in [7, 11) is 3.50. The number of thiocarbonyl (C=S) groups is 1. The first-order valence-corrected chi connectivity index (χ1v) is 4.82. The highest BCUT2D eigenvalue weighted by Crippen LogP contribution is 2.17. The van der Waals surface area contributed by atoms with Gasteiger partial charge in [0.25, 0.3) is 5.17 Å². The molecule has 0 radical (unpaired) electrons. The van der Waals surface area contributed by atoms with Crippen molar-refractivity contribution in [3.05, 3.63) is 29.3 Å². The topological polar surface area (TPSA) is 60.0 Å². The molecule has 0 amide bonds. The summed E-state index contributed by atoms with van der Waals surface area (Å²) in [6.45, 7) is 0. The van der Waals surface area contributed by atoms with E-state index in [-0.39, 0.29) is 5.17 Å². The fourth-order valence-corrected chi connectivity index (χ4v) is 1.08. The lowest BCUT2D eigenvalue weighted by atomic mass is 10.1. The van der Waals surface area contributed by atoms with E-state index in [0.717, 1.165) is 0 Å². The van der Waals surface area contributed by atoms with Gasteiger partial charge in [0.2, 0.25) is 0 Å². The molecule has 80 valence electrons. The Morgan fingerprint density at radius 1 is 1.19 bits per heavy atom. The van der Waals surface area contributed by atoms with Gasteiger partial charge in [0.05, 0.1) is 23.3 Å². The fourth-order valence-electron chi connectivity index (χ4n) is 0.979. The molecule has 4 nitrogen and oxygen atoms in total. The molecular formula is C11H9N3OS. The second kappa shape index (κ2) is 5.11. The van der Waals surface area contributed by atoms with Crippen LogP contribution in [0.1, 0.15) is 11.1 Å². The molecule has 0 fully saturated rings. The third-order valence-corrected chi connectivity index (χ3v) is 2.18. The summed E-state index contributed by atoms with van der Waals surface area (Å²) in [4.78, 5) is 1.63. The summed E-state index contributed by atoms with van der Waals surface area (Å²) >= 11 is 4.96. The van der Waals surface area contributed by atoms with Gasteiger partial charge in [-0.05, 0) is 30.4 Å². The van der Waals surface area contributed by atoms with Crippen LogP contribution in [0.25, 0.3) is 0 Å². The molecule has 1 aromatic carbocycles. The third kappa shape index (κ3) is 2.94. The highest BCUT2D eigenvalue weighted by Gasteiger charge is 2.05. The average molecular weight is 231 g/mol. The molecule has 0 spiro atoms. The van der Waals surface area contributed by atoms with E-state index in [1.807, 2.05) is 12.1 Å². The molecule has 0 aliphatic carbocycles. The summed E-state index contributed by atoms with van der Waals surface area (Å²) < 4.78 is 5.32. The van der Waals surface area contributed by atoms with Crippen LogP contribution in [0.3, 0.4) is 0 Å². The zero-order chi connectivity index (χ0) is 12.1. The zero-order valence-electron chi connectivity index (χ0n) is 8.89. The van der Waals surface area contributed by atoms with Gasteiger partial charge >= 0.3 is 0 Å². The van der Waals surface area contributed by atoms with Crippen molar-refractivity contribution in [2.24, 2.45) is 0 Å². The molecule has 0 saturated carbocycles. The van der Waals surface area contributed by atoms with Crippen LogP contribution in [-0.2, 0) is 0 Å². The Kier molecular flexibility index (Phi) is 3.82. The maximum atomic E-state index is 8.77. The molecule has 16 heavy (non-hydrogen) atoms. The molecule has 0 aliphatic heterocycles. The highest BCUT2D eigenvalue weighted by atomic mass is 32.1. The monoisotopic (exact) mass is 231 g/mol. The van der Waals surface area contributed by atoms with E-state index in [2.05, 4.69) is 0 Å². The lowest BCUT2D eigenvalue weighted by Gasteiger charge is -2.14. The van der Waals surface area contributed by atoms with Crippen LogP contribution < -0.4 is 4.74 Å². The predicted molar refractivity (Wildman–Crippen MR) is 62.8 cm³/mol. The first kappa shape index (κ1) is 12.0. The maximum absolute atomic E-state index is 8.77. The average Bonchev–Trinajstić information content (AvgIpc) is 2.28. The maximum Gasteiger partial charge on any atom is 0.264 e. The molecule has 0 saturated heterocycles. The van der Waals surface area contributed by atoms with Crippen LogP contribution in [0.4, 0.5) is 0 Å².